The van der Waals surface area contributed by atoms with E-state index in [1.54, 1.807) is 7.05 Å². The Hall–Kier alpha value is -1.10. The highest BCUT2D eigenvalue weighted by Crippen LogP contribution is 1.91. The van der Waals surface area contributed by atoms with E-state index in [1.807, 2.05) is 0 Å². The van der Waals surface area contributed by atoms with Gasteiger partial charge in [-0.15, -0.1) is 0 Å². The summed E-state index contributed by atoms with van der Waals surface area (Å²) in [6.45, 7) is 0.351. The van der Waals surface area contributed by atoms with Crippen molar-refractivity contribution < 1.29 is 19.1 Å². The van der Waals surface area contributed by atoms with E-state index in [0.717, 1.165) is 0 Å². The van der Waals surface area contributed by atoms with Gasteiger partial charge in [0.05, 0.1) is 20.1 Å². The van der Waals surface area contributed by atoms with E-state index < -0.39 is 5.97 Å². The average Bonchev–Trinajstić information content (AvgIpc) is 2.13. The van der Waals surface area contributed by atoms with Gasteiger partial charge in [0.1, 0.15) is 6.54 Å². The van der Waals surface area contributed by atoms with Crippen LogP contribution in [-0.2, 0) is 19.1 Å². The third kappa shape index (κ3) is 5.19. The van der Waals surface area contributed by atoms with Crippen molar-refractivity contribution in [1.29, 1.82) is 0 Å². The van der Waals surface area contributed by atoms with Crippen LogP contribution in [0.25, 0.3) is 0 Å². The van der Waals surface area contributed by atoms with Crippen LogP contribution in [0.4, 0.5) is 0 Å². The summed E-state index contributed by atoms with van der Waals surface area (Å²) in [5.41, 5.74) is 0. The minimum Gasteiger partial charge on any atom is -0.468 e. The molecule has 1 amide bonds. The third-order valence-corrected chi connectivity index (χ3v) is 1.54. The Labute approximate surface area is 77.6 Å². The van der Waals surface area contributed by atoms with E-state index in [-0.39, 0.29) is 18.9 Å². The number of esters is 1. The maximum atomic E-state index is 11.2. The van der Waals surface area contributed by atoms with Gasteiger partial charge in [0.2, 0.25) is 5.91 Å². The van der Waals surface area contributed by atoms with Gasteiger partial charge in [-0.2, -0.15) is 0 Å². The van der Waals surface area contributed by atoms with E-state index >= 15 is 0 Å². The Morgan fingerprint density at radius 1 is 1.31 bits per heavy atom. The van der Waals surface area contributed by atoms with Gasteiger partial charge in [-0.1, -0.05) is 0 Å². The molecule has 0 N–H and O–H groups in total. The number of ether oxygens (including phenoxy) is 2. The minimum absolute atomic E-state index is 0.0148. The van der Waals surface area contributed by atoms with Crippen molar-refractivity contribution in [3.8, 4) is 0 Å². The van der Waals surface area contributed by atoms with E-state index in [9.17, 15) is 9.59 Å². The molecule has 0 spiro atoms. The zero-order valence-electron chi connectivity index (χ0n) is 8.20. The van der Waals surface area contributed by atoms with Crippen LogP contribution in [0.15, 0.2) is 0 Å². The first-order chi connectivity index (χ1) is 6.11. The molecule has 0 aliphatic carbocycles. The largest absolute Gasteiger partial charge is 0.468 e. The fraction of sp³-hybridized carbons (Fsp3) is 0.750. The summed E-state index contributed by atoms with van der Waals surface area (Å²) in [5.74, 6) is -0.555. The predicted octanol–water partition coefficient (Wildman–Crippen LogP) is -0.346. The van der Waals surface area contributed by atoms with Gasteiger partial charge >= 0.3 is 5.97 Å². The molecule has 0 aromatic rings. The molecule has 0 bridgehead atoms. The second kappa shape index (κ2) is 6.42. The highest BCUT2D eigenvalue weighted by Gasteiger charge is 2.11. The normalized spacial score (nSPS) is 9.46. The number of amides is 1. The van der Waals surface area contributed by atoms with E-state index in [1.165, 1.54) is 19.1 Å². The van der Waals surface area contributed by atoms with Gasteiger partial charge in [0.15, 0.2) is 0 Å². The van der Waals surface area contributed by atoms with Gasteiger partial charge < -0.3 is 14.4 Å². The van der Waals surface area contributed by atoms with Gasteiger partial charge in [-0.05, 0) is 0 Å². The molecule has 13 heavy (non-hydrogen) atoms. The standard InChI is InChI=1S/C8H15NO4/c1-9(6-8(11)13-3)7(10)4-5-12-2/h4-6H2,1-3H3. The first-order valence-corrected chi connectivity index (χ1v) is 3.91. The summed E-state index contributed by atoms with van der Waals surface area (Å²) in [6.07, 6.45) is 0.282. The number of likely N-dealkylation sites (N-methyl/N-ethyl adjacent to an activating group) is 1. The Morgan fingerprint density at radius 2 is 1.92 bits per heavy atom. The molecule has 0 aromatic carbocycles. The minimum atomic E-state index is -0.423. The first kappa shape index (κ1) is 11.9. The van der Waals surface area contributed by atoms with E-state index in [4.69, 9.17) is 4.74 Å². The number of hydrogen-bond acceptors (Lipinski definition) is 4. The van der Waals surface area contributed by atoms with Gasteiger partial charge in [-0.25, -0.2) is 0 Å². The average molecular weight is 189 g/mol. The molecule has 0 aliphatic heterocycles. The lowest BCUT2D eigenvalue weighted by Gasteiger charge is -2.14. The van der Waals surface area contributed by atoms with Crippen LogP contribution in [0.5, 0.6) is 0 Å². The molecule has 0 aliphatic rings. The second-order valence-electron chi connectivity index (χ2n) is 2.57. The van der Waals surface area contributed by atoms with Crippen molar-refractivity contribution in [2.45, 2.75) is 6.42 Å². The highest BCUT2D eigenvalue weighted by atomic mass is 16.5. The van der Waals surface area contributed by atoms with Crippen molar-refractivity contribution in [2.75, 3.05) is 34.4 Å². The number of carbonyl (C=O) groups excluding carboxylic acids is 2. The molecule has 0 fully saturated rings. The summed E-state index contributed by atoms with van der Waals surface area (Å²) in [5, 5.41) is 0. The monoisotopic (exact) mass is 189 g/mol. The maximum Gasteiger partial charge on any atom is 0.325 e. The number of carbonyl (C=O) groups is 2. The first-order valence-electron chi connectivity index (χ1n) is 3.91. The van der Waals surface area contributed by atoms with Gasteiger partial charge in [-0.3, -0.25) is 9.59 Å². The third-order valence-electron chi connectivity index (χ3n) is 1.54. The molecule has 0 radical (unpaired) electrons. The zero-order valence-corrected chi connectivity index (χ0v) is 8.20. The van der Waals surface area contributed by atoms with Crippen molar-refractivity contribution in [3.63, 3.8) is 0 Å². The zero-order chi connectivity index (χ0) is 10.3. The summed E-state index contributed by atoms with van der Waals surface area (Å²) in [4.78, 5) is 23.3. The number of nitrogens with zero attached hydrogens (tertiary/aromatic N) is 1. The molecule has 76 valence electrons. The lowest BCUT2D eigenvalue weighted by molar-refractivity contribution is -0.146. The Morgan fingerprint density at radius 3 is 2.38 bits per heavy atom. The summed E-state index contributed by atoms with van der Waals surface area (Å²) in [7, 11) is 4.36. The van der Waals surface area contributed by atoms with Crippen LogP contribution in [-0.4, -0.2) is 51.2 Å². The van der Waals surface area contributed by atoms with Crippen molar-refractivity contribution in [3.05, 3.63) is 0 Å². The number of rotatable bonds is 5. The molecule has 0 unspecified atom stereocenters. The van der Waals surface area contributed by atoms with Crippen LogP contribution < -0.4 is 0 Å². The van der Waals surface area contributed by atoms with Crippen molar-refractivity contribution in [2.24, 2.45) is 0 Å². The molecule has 0 atom stereocenters. The van der Waals surface area contributed by atoms with E-state index in [0.29, 0.717) is 6.61 Å². The van der Waals surface area contributed by atoms with Crippen LogP contribution in [0.3, 0.4) is 0 Å². The number of methoxy groups -OCH3 is 2. The van der Waals surface area contributed by atoms with Crippen molar-refractivity contribution in [1.82, 2.24) is 4.90 Å². The van der Waals surface area contributed by atoms with Crippen LogP contribution in [0, 0.1) is 0 Å². The van der Waals surface area contributed by atoms with Crippen LogP contribution in [0.1, 0.15) is 6.42 Å². The quantitative estimate of drug-likeness (QED) is 0.555. The summed E-state index contributed by atoms with van der Waals surface area (Å²) in [6, 6.07) is 0. The van der Waals surface area contributed by atoms with Crippen LogP contribution >= 0.6 is 0 Å². The molecule has 0 heterocycles. The highest BCUT2D eigenvalue weighted by molar-refractivity contribution is 5.81. The molecule has 0 rings (SSSR count). The SMILES string of the molecule is COCCC(=O)N(C)CC(=O)OC. The van der Waals surface area contributed by atoms with Crippen molar-refractivity contribution >= 4 is 11.9 Å². The molecular formula is C8H15NO4. The lowest BCUT2D eigenvalue weighted by Crippen LogP contribution is -2.33. The summed E-state index contributed by atoms with van der Waals surface area (Å²) < 4.78 is 9.14. The van der Waals surface area contributed by atoms with E-state index in [2.05, 4.69) is 4.74 Å². The van der Waals surface area contributed by atoms with Gasteiger partial charge in [0.25, 0.3) is 0 Å². The molecule has 0 saturated heterocycles. The fourth-order valence-electron chi connectivity index (χ4n) is 0.727. The Balaban J connectivity index is 3.75. The molecular weight excluding hydrogens is 174 g/mol. The maximum absolute atomic E-state index is 11.2. The predicted molar refractivity (Wildman–Crippen MR) is 46.1 cm³/mol. The smallest absolute Gasteiger partial charge is 0.325 e. The topological polar surface area (TPSA) is 55.8 Å². The second-order valence-corrected chi connectivity index (χ2v) is 2.57. The molecule has 5 nitrogen and oxygen atoms in total. The van der Waals surface area contributed by atoms with Crippen LogP contribution in [0.2, 0.25) is 0 Å². The molecule has 0 aromatic heterocycles. The van der Waals surface area contributed by atoms with Gasteiger partial charge in [0, 0.05) is 14.2 Å². The molecule has 5 heteroatoms. The Bertz CT molecular complexity index is 181. The Kier molecular flexibility index (Phi) is 5.88. The fourth-order valence-corrected chi connectivity index (χ4v) is 0.727. The molecule has 0 saturated carbocycles. The number of hydrogen-bond donors (Lipinski definition) is 0. The lowest BCUT2D eigenvalue weighted by atomic mass is 10.4. The summed E-state index contributed by atoms with van der Waals surface area (Å²) >= 11 is 0.